The zero-order valence-corrected chi connectivity index (χ0v) is 8.99. The third-order valence-corrected chi connectivity index (χ3v) is 2.96. The molecule has 0 aromatic heterocycles. The Morgan fingerprint density at radius 3 is 2.65 bits per heavy atom. The zero-order chi connectivity index (χ0) is 12.8. The highest BCUT2D eigenvalue weighted by Gasteiger charge is 2.49. The predicted octanol–water partition coefficient (Wildman–Crippen LogP) is 1.58. The smallest absolute Gasteiger partial charge is 0.272 e. The van der Waals surface area contributed by atoms with Gasteiger partial charge < -0.3 is 4.55 Å². The van der Waals surface area contributed by atoms with Gasteiger partial charge in [-0.3, -0.25) is 4.21 Å². The van der Waals surface area contributed by atoms with E-state index in [-0.39, 0.29) is 5.56 Å². The Bertz CT molecular complexity index is 494. The van der Waals surface area contributed by atoms with Crippen molar-refractivity contribution in [2.45, 2.75) is 18.4 Å². The van der Waals surface area contributed by atoms with Gasteiger partial charge in [-0.1, -0.05) is 0 Å². The lowest BCUT2D eigenvalue weighted by Crippen LogP contribution is -2.35. The minimum Gasteiger partial charge on any atom is -0.760 e. The van der Waals surface area contributed by atoms with Crippen LogP contribution in [0.2, 0.25) is 0 Å². The van der Waals surface area contributed by atoms with Crippen LogP contribution in [-0.4, -0.2) is 14.7 Å². The van der Waals surface area contributed by atoms with E-state index in [2.05, 4.69) is 0 Å². The van der Waals surface area contributed by atoms with E-state index in [0.717, 1.165) is 6.07 Å². The molecule has 2 rings (SSSR count). The van der Waals surface area contributed by atoms with Crippen LogP contribution in [0.15, 0.2) is 12.1 Å². The number of nitrogens with one attached hydrogen (secondary N) is 1. The summed E-state index contributed by atoms with van der Waals surface area (Å²) in [5, 5.41) is 0. The van der Waals surface area contributed by atoms with E-state index in [9.17, 15) is 26.3 Å². The van der Waals surface area contributed by atoms with Crippen molar-refractivity contribution in [1.29, 1.82) is 0 Å². The van der Waals surface area contributed by atoms with Gasteiger partial charge in [0.2, 0.25) is 0 Å². The van der Waals surface area contributed by atoms with Gasteiger partial charge in [0, 0.05) is 29.3 Å². The maximum atomic E-state index is 13.4. The van der Waals surface area contributed by atoms with Gasteiger partial charge in [0.05, 0.1) is 0 Å². The monoisotopic (exact) mass is 268 g/mol. The molecule has 1 N–H and O–H groups in total. The van der Waals surface area contributed by atoms with Crippen LogP contribution in [0.4, 0.5) is 17.6 Å². The summed E-state index contributed by atoms with van der Waals surface area (Å²) >= 11 is -2.96. The van der Waals surface area contributed by atoms with Crippen molar-refractivity contribution >= 4 is 11.3 Å². The molecular formula is C9H6F4NO2S-. The lowest BCUT2D eigenvalue weighted by molar-refractivity contribution is -0.0195. The number of benzene rings is 1. The summed E-state index contributed by atoms with van der Waals surface area (Å²) in [6.45, 7) is 0. The van der Waals surface area contributed by atoms with E-state index in [4.69, 9.17) is 0 Å². The van der Waals surface area contributed by atoms with Crippen molar-refractivity contribution in [1.82, 2.24) is 4.72 Å². The van der Waals surface area contributed by atoms with E-state index in [1.165, 1.54) is 0 Å². The quantitative estimate of drug-likeness (QED) is 0.654. The van der Waals surface area contributed by atoms with Crippen LogP contribution in [-0.2, 0) is 17.7 Å². The van der Waals surface area contributed by atoms with E-state index in [0.29, 0.717) is 6.07 Å². The van der Waals surface area contributed by atoms with E-state index < -0.39 is 46.8 Å². The summed E-state index contributed by atoms with van der Waals surface area (Å²) in [4.78, 5) is 0. The van der Waals surface area contributed by atoms with Gasteiger partial charge >= 0.3 is 0 Å². The minimum atomic E-state index is -3.48. The molecule has 94 valence electrons. The normalized spacial score (nSPS) is 23.5. The molecule has 8 heteroatoms. The molecule has 1 aliphatic rings. The molecule has 0 heterocycles. The Labute approximate surface area is 96.2 Å². The Morgan fingerprint density at radius 2 is 2.06 bits per heavy atom. The van der Waals surface area contributed by atoms with Gasteiger partial charge in [-0.05, 0) is 11.6 Å². The van der Waals surface area contributed by atoms with Crippen molar-refractivity contribution < 1.29 is 26.3 Å². The van der Waals surface area contributed by atoms with Gasteiger partial charge in [-0.15, -0.1) is 0 Å². The average molecular weight is 268 g/mol. The molecule has 0 saturated carbocycles. The van der Waals surface area contributed by atoms with Gasteiger partial charge in [-0.2, -0.15) is 0 Å². The van der Waals surface area contributed by atoms with E-state index >= 15 is 0 Å². The third kappa shape index (κ3) is 2.20. The molecule has 2 atom stereocenters. The second-order valence-corrected chi connectivity index (χ2v) is 4.39. The maximum absolute atomic E-state index is 13.4. The predicted molar refractivity (Wildman–Crippen MR) is 49.8 cm³/mol. The summed E-state index contributed by atoms with van der Waals surface area (Å²) in [6, 6.07) is -0.763. The average Bonchev–Trinajstić information content (AvgIpc) is 2.36. The number of fused-ring (bicyclic) bond motifs is 1. The first-order chi connectivity index (χ1) is 7.81. The molecular weight excluding hydrogens is 262 g/mol. The molecule has 1 aromatic rings. The van der Waals surface area contributed by atoms with Crippen molar-refractivity contribution in [3.63, 3.8) is 0 Å². The highest BCUT2D eigenvalue weighted by atomic mass is 32.2. The third-order valence-electron chi connectivity index (χ3n) is 2.53. The molecule has 0 aliphatic heterocycles. The maximum Gasteiger partial charge on any atom is 0.272 e. The standard InChI is InChI=1S/C9H7F4NO2S/c10-5-1-4-3-9(12,13)8(14-17(15)16)7(4)6(11)2-5/h1-2,8,14H,3H2,(H,15,16)/p-1. The van der Waals surface area contributed by atoms with Crippen LogP contribution in [0.5, 0.6) is 0 Å². The molecule has 1 aliphatic carbocycles. The fourth-order valence-corrected chi connectivity index (χ4v) is 2.40. The summed E-state index contributed by atoms with van der Waals surface area (Å²) in [6.07, 6.45) is -0.897. The fourth-order valence-electron chi connectivity index (χ4n) is 1.92. The summed E-state index contributed by atoms with van der Waals surface area (Å²) in [5.74, 6) is -5.63. The largest absolute Gasteiger partial charge is 0.760 e. The van der Waals surface area contributed by atoms with Gasteiger partial charge in [0.25, 0.3) is 5.92 Å². The van der Waals surface area contributed by atoms with Crippen LogP contribution in [0.3, 0.4) is 0 Å². The van der Waals surface area contributed by atoms with Gasteiger partial charge in [-0.25, -0.2) is 22.3 Å². The summed E-state index contributed by atoms with van der Waals surface area (Å²) in [7, 11) is 0. The number of hydrogen-bond donors (Lipinski definition) is 1. The lowest BCUT2D eigenvalue weighted by atomic mass is 10.1. The molecule has 0 amide bonds. The Balaban J connectivity index is 2.51. The lowest BCUT2D eigenvalue weighted by Gasteiger charge is -2.22. The topological polar surface area (TPSA) is 52.2 Å². The Hall–Kier alpha value is -0.990. The molecule has 1 aromatic carbocycles. The molecule has 17 heavy (non-hydrogen) atoms. The molecule has 0 bridgehead atoms. The highest BCUT2D eigenvalue weighted by Crippen LogP contribution is 2.44. The summed E-state index contributed by atoms with van der Waals surface area (Å²) < 4.78 is 75.4. The fraction of sp³-hybridized carbons (Fsp3) is 0.333. The second kappa shape index (κ2) is 4.04. The number of hydrogen-bond acceptors (Lipinski definition) is 2. The van der Waals surface area contributed by atoms with Crippen LogP contribution in [0, 0.1) is 11.6 Å². The number of alkyl halides is 2. The summed E-state index contributed by atoms with van der Waals surface area (Å²) in [5.41, 5.74) is -0.726. The molecule has 0 fully saturated rings. The first-order valence-corrected chi connectivity index (χ1v) is 5.60. The number of rotatable bonds is 2. The zero-order valence-electron chi connectivity index (χ0n) is 8.18. The minimum absolute atomic E-state index is 0.226. The van der Waals surface area contributed by atoms with E-state index in [1.54, 1.807) is 4.72 Å². The first kappa shape index (κ1) is 12.5. The van der Waals surface area contributed by atoms with Crippen molar-refractivity contribution in [2.75, 3.05) is 0 Å². The first-order valence-electron chi connectivity index (χ1n) is 4.52. The molecule has 2 unspecified atom stereocenters. The Morgan fingerprint density at radius 1 is 1.41 bits per heavy atom. The van der Waals surface area contributed by atoms with Gasteiger partial charge in [0.1, 0.15) is 17.7 Å². The highest BCUT2D eigenvalue weighted by molar-refractivity contribution is 7.77. The molecule has 0 saturated heterocycles. The van der Waals surface area contributed by atoms with Crippen LogP contribution in [0.1, 0.15) is 17.2 Å². The van der Waals surface area contributed by atoms with Crippen molar-refractivity contribution in [3.05, 3.63) is 34.9 Å². The van der Waals surface area contributed by atoms with E-state index in [1.807, 2.05) is 0 Å². The second-order valence-electron chi connectivity index (χ2n) is 3.68. The van der Waals surface area contributed by atoms with Crippen molar-refractivity contribution in [2.24, 2.45) is 0 Å². The van der Waals surface area contributed by atoms with Crippen molar-refractivity contribution in [3.8, 4) is 0 Å². The van der Waals surface area contributed by atoms with Gasteiger partial charge in [0.15, 0.2) is 0 Å². The molecule has 0 radical (unpaired) electrons. The SMILES string of the molecule is O=S([O-])NC1c2c(F)cc(F)cc2CC1(F)F. The van der Waals surface area contributed by atoms with Crippen LogP contribution < -0.4 is 4.72 Å². The molecule has 3 nitrogen and oxygen atoms in total. The molecule has 0 spiro atoms. The van der Waals surface area contributed by atoms with Crippen LogP contribution in [0.25, 0.3) is 0 Å². The number of halogens is 4. The Kier molecular flexibility index (Phi) is 2.96. The van der Waals surface area contributed by atoms with Crippen LogP contribution >= 0.6 is 0 Å².